The van der Waals surface area contributed by atoms with E-state index in [9.17, 15) is 4.79 Å². The van der Waals surface area contributed by atoms with E-state index in [1.165, 1.54) is 0 Å². The average molecular weight is 276 g/mol. The van der Waals surface area contributed by atoms with E-state index in [0.29, 0.717) is 65.9 Å². The highest BCUT2D eigenvalue weighted by Gasteiger charge is 2.02. The van der Waals surface area contributed by atoms with Crippen molar-refractivity contribution in [2.75, 3.05) is 59.5 Å². The molecule has 0 aromatic heterocycles. The summed E-state index contributed by atoms with van der Waals surface area (Å²) < 4.78 is 26.3. The summed E-state index contributed by atoms with van der Waals surface area (Å²) in [6, 6.07) is 0. The second-order valence-electron chi connectivity index (χ2n) is 4.13. The Kier molecular flexibility index (Phi) is 10.6. The number of esters is 1. The van der Waals surface area contributed by atoms with Crippen LogP contribution in [-0.2, 0) is 28.5 Å². The average Bonchev–Trinajstić information content (AvgIpc) is 2.41. The van der Waals surface area contributed by atoms with E-state index in [1.807, 2.05) is 0 Å². The van der Waals surface area contributed by atoms with Crippen molar-refractivity contribution in [3.8, 4) is 0 Å². The van der Waals surface area contributed by atoms with E-state index in [0.717, 1.165) is 12.8 Å². The van der Waals surface area contributed by atoms with Crippen LogP contribution in [-0.4, -0.2) is 65.4 Å². The van der Waals surface area contributed by atoms with Crippen LogP contribution in [0.1, 0.15) is 19.3 Å². The molecule has 6 nitrogen and oxygen atoms in total. The first-order valence-electron chi connectivity index (χ1n) is 6.86. The lowest BCUT2D eigenvalue weighted by Gasteiger charge is -2.09. The van der Waals surface area contributed by atoms with Gasteiger partial charge in [-0.05, 0) is 12.8 Å². The van der Waals surface area contributed by atoms with Crippen molar-refractivity contribution in [1.82, 2.24) is 0 Å². The summed E-state index contributed by atoms with van der Waals surface area (Å²) in [5.74, 6) is -0.177. The Balaban J connectivity index is 2.10. The van der Waals surface area contributed by atoms with Crippen molar-refractivity contribution in [2.24, 2.45) is 0 Å². The normalized spacial score (nSPS) is 23.1. The fourth-order valence-electron chi connectivity index (χ4n) is 1.52. The maximum Gasteiger partial charge on any atom is 0.305 e. The van der Waals surface area contributed by atoms with Crippen molar-refractivity contribution in [3.05, 3.63) is 0 Å². The van der Waals surface area contributed by atoms with Gasteiger partial charge in [-0.3, -0.25) is 4.79 Å². The lowest BCUT2D eigenvalue weighted by Crippen LogP contribution is -2.15. The molecule has 0 radical (unpaired) electrons. The van der Waals surface area contributed by atoms with E-state index in [2.05, 4.69) is 0 Å². The zero-order chi connectivity index (χ0) is 13.6. The fourth-order valence-corrected chi connectivity index (χ4v) is 1.52. The van der Waals surface area contributed by atoms with Crippen LogP contribution in [0.25, 0.3) is 0 Å². The van der Waals surface area contributed by atoms with Crippen LogP contribution < -0.4 is 0 Å². The van der Waals surface area contributed by atoms with Gasteiger partial charge in [-0.25, -0.2) is 0 Å². The topological polar surface area (TPSA) is 63.2 Å². The van der Waals surface area contributed by atoms with Crippen LogP contribution in [0.15, 0.2) is 0 Å². The monoisotopic (exact) mass is 276 g/mol. The van der Waals surface area contributed by atoms with Gasteiger partial charge < -0.3 is 23.7 Å². The minimum Gasteiger partial charge on any atom is -0.463 e. The van der Waals surface area contributed by atoms with Gasteiger partial charge >= 0.3 is 5.97 Å². The Labute approximate surface area is 114 Å². The van der Waals surface area contributed by atoms with Gasteiger partial charge in [-0.2, -0.15) is 0 Å². The summed E-state index contributed by atoms with van der Waals surface area (Å²) in [5.41, 5.74) is 0. The van der Waals surface area contributed by atoms with Gasteiger partial charge in [0, 0.05) is 13.0 Å². The van der Waals surface area contributed by atoms with Crippen molar-refractivity contribution in [2.45, 2.75) is 19.3 Å². The molecule has 1 aliphatic heterocycles. The van der Waals surface area contributed by atoms with Gasteiger partial charge in [-0.1, -0.05) is 0 Å². The fraction of sp³-hybridized carbons (Fsp3) is 0.923. The van der Waals surface area contributed by atoms with E-state index in [-0.39, 0.29) is 5.97 Å². The molecule has 0 spiro atoms. The standard InChI is InChI=1S/C13H24O6/c14-13-3-1-2-4-15-5-6-16-7-8-17-9-10-18-11-12-19-13/h1-12H2. The smallest absolute Gasteiger partial charge is 0.305 e. The zero-order valence-corrected chi connectivity index (χ0v) is 11.4. The lowest BCUT2D eigenvalue weighted by molar-refractivity contribution is -0.145. The molecule has 0 aromatic carbocycles. The van der Waals surface area contributed by atoms with Crippen LogP contribution in [0.2, 0.25) is 0 Å². The molecule has 1 fully saturated rings. The molecular weight excluding hydrogens is 252 g/mol. The molecule has 1 aliphatic rings. The molecule has 112 valence electrons. The van der Waals surface area contributed by atoms with Crippen LogP contribution in [0.3, 0.4) is 0 Å². The third-order valence-electron chi connectivity index (χ3n) is 2.53. The van der Waals surface area contributed by atoms with Gasteiger partial charge in [0.15, 0.2) is 0 Å². The number of rotatable bonds is 0. The Morgan fingerprint density at radius 3 is 1.63 bits per heavy atom. The quantitative estimate of drug-likeness (QED) is 0.609. The zero-order valence-electron chi connectivity index (χ0n) is 11.4. The molecule has 0 unspecified atom stereocenters. The summed E-state index contributed by atoms with van der Waals surface area (Å²) in [6.07, 6.45) is 2.08. The Bertz CT molecular complexity index is 201. The van der Waals surface area contributed by atoms with Crippen molar-refractivity contribution in [1.29, 1.82) is 0 Å². The van der Waals surface area contributed by atoms with Crippen LogP contribution in [0, 0.1) is 0 Å². The van der Waals surface area contributed by atoms with Crippen molar-refractivity contribution >= 4 is 5.97 Å². The molecule has 0 atom stereocenters. The Morgan fingerprint density at radius 2 is 1.05 bits per heavy atom. The summed E-state index contributed by atoms with van der Waals surface area (Å²) in [4.78, 5) is 11.3. The van der Waals surface area contributed by atoms with Crippen molar-refractivity contribution < 1.29 is 28.5 Å². The first-order valence-corrected chi connectivity index (χ1v) is 6.86. The minimum atomic E-state index is -0.177. The number of carbonyl (C=O) groups is 1. The minimum absolute atomic E-state index is 0.177. The van der Waals surface area contributed by atoms with E-state index < -0.39 is 0 Å². The highest BCUT2D eigenvalue weighted by Crippen LogP contribution is 1.98. The Morgan fingerprint density at radius 1 is 0.579 bits per heavy atom. The maximum absolute atomic E-state index is 11.3. The molecule has 0 aliphatic carbocycles. The summed E-state index contributed by atoms with van der Waals surface area (Å²) in [6.45, 7) is 4.66. The summed E-state index contributed by atoms with van der Waals surface area (Å²) in [7, 11) is 0. The molecule has 0 bridgehead atoms. The summed E-state index contributed by atoms with van der Waals surface area (Å²) >= 11 is 0. The molecule has 1 heterocycles. The van der Waals surface area contributed by atoms with E-state index >= 15 is 0 Å². The summed E-state index contributed by atoms with van der Waals surface area (Å²) in [5, 5.41) is 0. The van der Waals surface area contributed by atoms with Gasteiger partial charge in [-0.15, -0.1) is 0 Å². The number of hydrogen-bond donors (Lipinski definition) is 0. The molecule has 19 heavy (non-hydrogen) atoms. The van der Waals surface area contributed by atoms with Crippen LogP contribution in [0.4, 0.5) is 0 Å². The molecule has 6 heteroatoms. The maximum atomic E-state index is 11.3. The van der Waals surface area contributed by atoms with Gasteiger partial charge in [0.05, 0.1) is 46.2 Å². The molecule has 0 saturated carbocycles. The van der Waals surface area contributed by atoms with Crippen LogP contribution in [0.5, 0.6) is 0 Å². The van der Waals surface area contributed by atoms with Gasteiger partial charge in [0.25, 0.3) is 0 Å². The molecule has 1 rings (SSSR count). The first kappa shape index (κ1) is 16.4. The third-order valence-corrected chi connectivity index (χ3v) is 2.53. The molecular formula is C13H24O6. The Hall–Kier alpha value is -0.690. The largest absolute Gasteiger partial charge is 0.463 e. The first-order chi connectivity index (χ1) is 9.39. The lowest BCUT2D eigenvalue weighted by atomic mass is 10.2. The molecule has 0 N–H and O–H groups in total. The predicted molar refractivity (Wildman–Crippen MR) is 68.1 cm³/mol. The second-order valence-corrected chi connectivity index (χ2v) is 4.13. The molecule has 0 amide bonds. The van der Waals surface area contributed by atoms with Crippen molar-refractivity contribution in [3.63, 3.8) is 0 Å². The number of ether oxygens (including phenoxy) is 5. The van der Waals surface area contributed by atoms with Crippen LogP contribution >= 0.6 is 0 Å². The number of carbonyl (C=O) groups excluding carboxylic acids is 1. The molecule has 1 saturated heterocycles. The van der Waals surface area contributed by atoms with Gasteiger partial charge in [0.1, 0.15) is 6.61 Å². The molecule has 0 aromatic rings. The van der Waals surface area contributed by atoms with E-state index in [1.54, 1.807) is 0 Å². The highest BCUT2D eigenvalue weighted by molar-refractivity contribution is 5.69. The predicted octanol–water partition coefficient (Wildman–Crippen LogP) is 0.780. The number of hydrogen-bond acceptors (Lipinski definition) is 6. The SMILES string of the molecule is O=C1CCCCOCCOCCOCCOCCO1. The highest BCUT2D eigenvalue weighted by atomic mass is 16.6. The second kappa shape index (κ2) is 12.3. The number of cyclic esters (lactones) is 1. The van der Waals surface area contributed by atoms with E-state index in [4.69, 9.17) is 23.7 Å². The van der Waals surface area contributed by atoms with Gasteiger partial charge in [0.2, 0.25) is 0 Å². The third kappa shape index (κ3) is 10.9.